The van der Waals surface area contributed by atoms with Crippen molar-refractivity contribution in [1.29, 1.82) is 0 Å². The number of hydrogen-bond donors (Lipinski definition) is 1. The number of benzene rings is 1. The Hall–Kier alpha value is -2.17. The number of para-hydroxylation sites is 1. The van der Waals surface area contributed by atoms with Gasteiger partial charge in [-0.1, -0.05) is 23.4 Å². The molecule has 0 amide bonds. The molecule has 0 saturated heterocycles. The second-order valence-corrected chi connectivity index (χ2v) is 3.44. The minimum absolute atomic E-state index is 0.0757. The number of nitrogens with zero attached hydrogens (tertiary/aromatic N) is 3. The van der Waals surface area contributed by atoms with Crippen molar-refractivity contribution in [2.24, 2.45) is 0 Å². The third kappa shape index (κ3) is 1.93. The van der Waals surface area contributed by atoms with Gasteiger partial charge in [0.05, 0.1) is 23.5 Å². The Bertz CT molecular complexity index is 505. The number of aromatic nitrogens is 3. The van der Waals surface area contributed by atoms with Gasteiger partial charge in [0.15, 0.2) is 0 Å². The summed E-state index contributed by atoms with van der Waals surface area (Å²) >= 11 is 0. The molecular formula is C11H11N3O2. The number of carboxylic acid groups (broad SMARTS) is 1. The molecule has 0 fully saturated rings. The lowest BCUT2D eigenvalue weighted by Crippen LogP contribution is -2.08. The summed E-state index contributed by atoms with van der Waals surface area (Å²) < 4.78 is 1.56. The lowest BCUT2D eigenvalue weighted by Gasteiger charge is -2.04. The molecule has 82 valence electrons. The smallest absolute Gasteiger partial charge is 0.309 e. The minimum Gasteiger partial charge on any atom is -0.481 e. The molecule has 5 heteroatoms. The van der Waals surface area contributed by atoms with E-state index in [1.165, 1.54) is 0 Å². The van der Waals surface area contributed by atoms with E-state index < -0.39 is 5.97 Å². The first-order valence-corrected chi connectivity index (χ1v) is 4.87. The molecule has 0 spiro atoms. The fourth-order valence-electron chi connectivity index (χ4n) is 1.50. The highest BCUT2D eigenvalue weighted by atomic mass is 16.4. The first-order valence-electron chi connectivity index (χ1n) is 4.87. The Labute approximate surface area is 92.3 Å². The summed E-state index contributed by atoms with van der Waals surface area (Å²) in [5.41, 5.74) is 2.07. The minimum atomic E-state index is -0.886. The van der Waals surface area contributed by atoms with Crippen LogP contribution in [0.25, 0.3) is 5.69 Å². The van der Waals surface area contributed by atoms with Crippen molar-refractivity contribution in [3.8, 4) is 5.69 Å². The van der Waals surface area contributed by atoms with Crippen molar-refractivity contribution >= 4 is 5.97 Å². The van der Waals surface area contributed by atoms with Crippen molar-refractivity contribution in [3.05, 3.63) is 41.7 Å². The number of carbonyl (C=O) groups is 1. The second kappa shape index (κ2) is 4.14. The van der Waals surface area contributed by atoms with E-state index >= 15 is 0 Å². The molecule has 2 aromatic rings. The largest absolute Gasteiger partial charge is 0.481 e. The summed E-state index contributed by atoms with van der Waals surface area (Å²) in [6.07, 6.45) is -0.0757. The van der Waals surface area contributed by atoms with Crippen LogP contribution in [-0.4, -0.2) is 26.1 Å². The van der Waals surface area contributed by atoms with Crippen LogP contribution in [0.15, 0.2) is 30.3 Å². The topological polar surface area (TPSA) is 68.0 Å². The molecule has 0 unspecified atom stereocenters. The third-order valence-electron chi connectivity index (χ3n) is 2.28. The number of rotatable bonds is 3. The van der Waals surface area contributed by atoms with E-state index in [-0.39, 0.29) is 6.42 Å². The maximum atomic E-state index is 10.7. The Balaban J connectivity index is 2.46. The molecule has 2 rings (SSSR count). The average Bonchev–Trinajstić information content (AvgIpc) is 2.61. The summed E-state index contributed by atoms with van der Waals surface area (Å²) in [6.45, 7) is 1.75. The van der Waals surface area contributed by atoms with E-state index in [0.29, 0.717) is 11.4 Å². The van der Waals surface area contributed by atoms with Gasteiger partial charge in [-0.05, 0) is 19.1 Å². The predicted octanol–water partition coefficient (Wildman–Crippen LogP) is 1.20. The average molecular weight is 217 g/mol. The Morgan fingerprint density at radius 3 is 2.69 bits per heavy atom. The molecule has 0 saturated carbocycles. The van der Waals surface area contributed by atoms with Crippen LogP contribution in [0.1, 0.15) is 11.4 Å². The Morgan fingerprint density at radius 2 is 2.06 bits per heavy atom. The molecule has 0 aliphatic carbocycles. The summed E-state index contributed by atoms with van der Waals surface area (Å²) in [5.74, 6) is -0.886. The molecule has 0 radical (unpaired) electrons. The number of hydrogen-bond acceptors (Lipinski definition) is 3. The van der Waals surface area contributed by atoms with Crippen LogP contribution in [0, 0.1) is 6.92 Å². The number of aryl methyl sites for hydroxylation is 1. The van der Waals surface area contributed by atoms with E-state index in [9.17, 15) is 4.79 Å². The van der Waals surface area contributed by atoms with Gasteiger partial charge in [-0.3, -0.25) is 4.79 Å². The fourth-order valence-corrected chi connectivity index (χ4v) is 1.50. The van der Waals surface area contributed by atoms with Crippen LogP contribution in [0.2, 0.25) is 0 Å². The lowest BCUT2D eigenvalue weighted by molar-refractivity contribution is -0.136. The van der Waals surface area contributed by atoms with Gasteiger partial charge in [0, 0.05) is 0 Å². The van der Waals surface area contributed by atoms with Crippen molar-refractivity contribution in [1.82, 2.24) is 15.0 Å². The fraction of sp³-hybridized carbons (Fsp3) is 0.182. The van der Waals surface area contributed by atoms with Crippen LogP contribution in [0.3, 0.4) is 0 Å². The quantitative estimate of drug-likeness (QED) is 0.838. The van der Waals surface area contributed by atoms with Gasteiger partial charge in [-0.2, -0.15) is 0 Å². The summed E-state index contributed by atoms with van der Waals surface area (Å²) in [4.78, 5) is 10.7. The highest BCUT2D eigenvalue weighted by Crippen LogP contribution is 2.12. The first kappa shape index (κ1) is 10.4. The summed E-state index contributed by atoms with van der Waals surface area (Å²) in [7, 11) is 0. The van der Waals surface area contributed by atoms with Crippen molar-refractivity contribution in [2.45, 2.75) is 13.3 Å². The summed E-state index contributed by atoms with van der Waals surface area (Å²) in [5, 5.41) is 16.7. The molecule has 1 aromatic carbocycles. The third-order valence-corrected chi connectivity index (χ3v) is 2.28. The van der Waals surface area contributed by atoms with Gasteiger partial charge in [0.1, 0.15) is 0 Å². The number of aliphatic carboxylic acids is 1. The zero-order chi connectivity index (χ0) is 11.5. The maximum absolute atomic E-state index is 10.7. The van der Waals surface area contributed by atoms with E-state index in [0.717, 1.165) is 5.69 Å². The van der Waals surface area contributed by atoms with Gasteiger partial charge in [0.2, 0.25) is 0 Å². The highest BCUT2D eigenvalue weighted by molar-refractivity contribution is 5.70. The van der Waals surface area contributed by atoms with Crippen molar-refractivity contribution < 1.29 is 9.90 Å². The van der Waals surface area contributed by atoms with E-state index in [1.54, 1.807) is 11.6 Å². The van der Waals surface area contributed by atoms with Crippen LogP contribution >= 0.6 is 0 Å². The highest BCUT2D eigenvalue weighted by Gasteiger charge is 2.13. The standard InChI is InChI=1S/C11H11N3O2/c1-8-10(7-11(15)16)14(13-12-8)9-5-3-2-4-6-9/h2-6H,7H2,1H3,(H,15,16). The van der Waals surface area contributed by atoms with Crippen LogP contribution in [-0.2, 0) is 11.2 Å². The maximum Gasteiger partial charge on any atom is 0.309 e. The van der Waals surface area contributed by atoms with Gasteiger partial charge >= 0.3 is 5.97 Å². The van der Waals surface area contributed by atoms with Crippen molar-refractivity contribution in [3.63, 3.8) is 0 Å². The molecule has 0 atom stereocenters. The second-order valence-electron chi connectivity index (χ2n) is 3.44. The zero-order valence-corrected chi connectivity index (χ0v) is 8.79. The zero-order valence-electron chi connectivity index (χ0n) is 8.79. The van der Waals surface area contributed by atoms with Crippen LogP contribution < -0.4 is 0 Å². The molecule has 1 N–H and O–H groups in total. The van der Waals surface area contributed by atoms with E-state index in [2.05, 4.69) is 10.3 Å². The van der Waals surface area contributed by atoms with Crippen LogP contribution in [0.4, 0.5) is 0 Å². The SMILES string of the molecule is Cc1nnn(-c2ccccc2)c1CC(=O)O. The molecular weight excluding hydrogens is 206 g/mol. The van der Waals surface area contributed by atoms with Crippen LogP contribution in [0.5, 0.6) is 0 Å². The van der Waals surface area contributed by atoms with E-state index in [1.807, 2.05) is 30.3 Å². The first-order chi connectivity index (χ1) is 7.68. The normalized spacial score (nSPS) is 10.3. The summed E-state index contributed by atoms with van der Waals surface area (Å²) in [6, 6.07) is 9.36. The van der Waals surface area contributed by atoms with Gasteiger partial charge < -0.3 is 5.11 Å². The van der Waals surface area contributed by atoms with Gasteiger partial charge in [-0.15, -0.1) is 5.10 Å². The van der Waals surface area contributed by atoms with E-state index in [4.69, 9.17) is 5.11 Å². The molecule has 1 heterocycles. The lowest BCUT2D eigenvalue weighted by atomic mass is 10.2. The number of carboxylic acids is 1. The monoisotopic (exact) mass is 217 g/mol. The molecule has 1 aromatic heterocycles. The van der Waals surface area contributed by atoms with Crippen molar-refractivity contribution in [2.75, 3.05) is 0 Å². The molecule has 0 bridgehead atoms. The molecule has 0 aliphatic rings. The van der Waals surface area contributed by atoms with Gasteiger partial charge in [-0.25, -0.2) is 4.68 Å². The molecule has 16 heavy (non-hydrogen) atoms. The Kier molecular flexibility index (Phi) is 2.68. The Morgan fingerprint density at radius 1 is 1.38 bits per heavy atom. The predicted molar refractivity (Wildman–Crippen MR) is 57.4 cm³/mol. The molecule has 5 nitrogen and oxygen atoms in total. The molecule has 0 aliphatic heterocycles. The van der Waals surface area contributed by atoms with Gasteiger partial charge in [0.25, 0.3) is 0 Å².